The van der Waals surface area contributed by atoms with E-state index in [1.165, 1.54) is 18.7 Å². The van der Waals surface area contributed by atoms with Crippen LogP contribution in [-0.4, -0.2) is 133 Å². The number of carbonyl (C=O) groups is 9. The standard InChI is InChI=1S/C39H59N7O13/c1-8-17-45(25(7)48)43-36(54)30-18-27(59-21-26-13-11-10-12-14-26)20-44(30)39(57)33(22(3)4)42-37(55)34(23(5)9-2)46(58)38(56)28(15-16-31(49)50)41-35(53)29(19-32(51)52)40-24(6)47/h10-14,22-23,27-30,33-34,58H,8-9,15-21H2,1-7H3,(H,40,47)(H,41,53)(H,42,55)(H,43,54)(H,49,50)(H,51,52)/t23-,27+,28+,29-,30-,33-,34-/m0/s1. The number of hydrazine groups is 1. The zero-order valence-corrected chi connectivity index (χ0v) is 34.6. The van der Waals surface area contributed by atoms with Crippen LogP contribution < -0.4 is 21.4 Å². The van der Waals surface area contributed by atoms with Crippen molar-refractivity contribution in [3.8, 4) is 0 Å². The molecule has 1 saturated heterocycles. The second kappa shape index (κ2) is 23.7. The Hall–Kier alpha value is -5.63. The zero-order valence-electron chi connectivity index (χ0n) is 34.6. The third-order valence-corrected chi connectivity index (χ3v) is 9.75. The number of hydrogen-bond donors (Lipinski definition) is 7. The van der Waals surface area contributed by atoms with E-state index in [4.69, 9.17) is 4.74 Å². The maximum atomic E-state index is 14.4. The molecule has 2 rings (SSSR count). The fourth-order valence-electron chi connectivity index (χ4n) is 6.41. The summed E-state index contributed by atoms with van der Waals surface area (Å²) >= 11 is 0. The monoisotopic (exact) mass is 833 g/mol. The van der Waals surface area contributed by atoms with Crippen molar-refractivity contribution in [1.29, 1.82) is 0 Å². The van der Waals surface area contributed by atoms with Gasteiger partial charge in [-0.15, -0.1) is 0 Å². The number of hydrogen-bond acceptors (Lipinski definition) is 11. The van der Waals surface area contributed by atoms with Crippen LogP contribution in [-0.2, 0) is 54.5 Å². The molecular weight excluding hydrogens is 774 g/mol. The molecule has 0 saturated carbocycles. The van der Waals surface area contributed by atoms with Gasteiger partial charge in [-0.25, -0.2) is 5.06 Å². The molecule has 20 nitrogen and oxygen atoms in total. The highest BCUT2D eigenvalue weighted by Crippen LogP contribution is 2.25. The number of nitrogens with zero attached hydrogens (tertiary/aromatic N) is 3. The molecule has 1 aliphatic heterocycles. The molecule has 7 atom stereocenters. The number of likely N-dealkylation sites (tertiary alicyclic amines) is 1. The predicted molar refractivity (Wildman–Crippen MR) is 208 cm³/mol. The molecule has 0 radical (unpaired) electrons. The summed E-state index contributed by atoms with van der Waals surface area (Å²) in [6.07, 6.45) is -1.98. The number of hydroxylamine groups is 2. The molecule has 20 heteroatoms. The van der Waals surface area contributed by atoms with E-state index in [1.807, 2.05) is 37.3 Å². The minimum atomic E-state index is -1.80. The highest BCUT2D eigenvalue weighted by molar-refractivity contribution is 5.97. The first-order valence-electron chi connectivity index (χ1n) is 19.6. The van der Waals surface area contributed by atoms with Gasteiger partial charge in [-0.1, -0.05) is 71.4 Å². The number of ether oxygens (including phenoxy) is 1. The summed E-state index contributed by atoms with van der Waals surface area (Å²) in [5.74, 6) is -10.2. The number of carboxylic acid groups (broad SMARTS) is 2. The molecule has 0 aromatic heterocycles. The highest BCUT2D eigenvalue weighted by atomic mass is 16.5. The molecular formula is C39H59N7O13. The summed E-state index contributed by atoms with van der Waals surface area (Å²) in [5, 5.41) is 38.1. The van der Waals surface area contributed by atoms with E-state index >= 15 is 0 Å². The van der Waals surface area contributed by atoms with Crippen LogP contribution in [0.15, 0.2) is 30.3 Å². The van der Waals surface area contributed by atoms with E-state index in [2.05, 4.69) is 21.4 Å². The van der Waals surface area contributed by atoms with Crippen LogP contribution in [0.3, 0.4) is 0 Å². The van der Waals surface area contributed by atoms with Crippen molar-refractivity contribution in [1.82, 2.24) is 36.3 Å². The lowest BCUT2D eigenvalue weighted by molar-refractivity contribution is -0.187. The van der Waals surface area contributed by atoms with E-state index in [0.29, 0.717) is 6.42 Å². The fraction of sp³-hybridized carbons (Fsp3) is 0.615. The SMILES string of the molecule is CCCN(NC(=O)[C@@H]1C[C@@H](OCc2ccccc2)CN1C(=O)[C@@H](NC(=O)[C@H]([C@@H](C)CC)N(O)C(=O)[C@@H](CCC(=O)O)NC(=O)[C@H](CC(=O)O)NC(C)=O)C(C)C)C(C)=O. The number of nitrogens with one attached hydrogen (secondary N) is 4. The Morgan fingerprint density at radius 1 is 0.881 bits per heavy atom. The van der Waals surface area contributed by atoms with Crippen molar-refractivity contribution in [3.63, 3.8) is 0 Å². The van der Waals surface area contributed by atoms with Gasteiger partial charge in [0, 0.05) is 39.8 Å². The van der Waals surface area contributed by atoms with Crippen LogP contribution in [0.2, 0.25) is 0 Å². The Balaban J connectivity index is 2.45. The number of benzene rings is 1. The van der Waals surface area contributed by atoms with Crippen LogP contribution in [0, 0.1) is 11.8 Å². The Bertz CT molecular complexity index is 1640. The highest BCUT2D eigenvalue weighted by Gasteiger charge is 2.45. The normalized spacial score (nSPS) is 17.4. The Morgan fingerprint density at radius 2 is 1.53 bits per heavy atom. The van der Waals surface area contributed by atoms with Gasteiger partial charge in [0.2, 0.25) is 29.5 Å². The van der Waals surface area contributed by atoms with Gasteiger partial charge >= 0.3 is 11.9 Å². The minimum Gasteiger partial charge on any atom is -0.481 e. The minimum absolute atomic E-state index is 0.0480. The largest absolute Gasteiger partial charge is 0.481 e. The fourth-order valence-corrected chi connectivity index (χ4v) is 6.41. The van der Waals surface area contributed by atoms with Crippen molar-refractivity contribution in [2.24, 2.45) is 11.8 Å². The van der Waals surface area contributed by atoms with Gasteiger partial charge < -0.3 is 35.8 Å². The number of amides is 7. The average molecular weight is 834 g/mol. The average Bonchev–Trinajstić information content (AvgIpc) is 3.61. The number of rotatable bonds is 22. The van der Waals surface area contributed by atoms with Crippen LogP contribution in [0.4, 0.5) is 0 Å². The first-order valence-corrected chi connectivity index (χ1v) is 19.6. The summed E-state index contributed by atoms with van der Waals surface area (Å²) < 4.78 is 6.11. The number of carboxylic acids is 2. The molecule has 7 N–H and O–H groups in total. The van der Waals surface area contributed by atoms with Crippen molar-refractivity contribution in [3.05, 3.63) is 35.9 Å². The third-order valence-electron chi connectivity index (χ3n) is 9.75. The van der Waals surface area contributed by atoms with Gasteiger partial charge in [0.05, 0.1) is 19.1 Å². The summed E-state index contributed by atoms with van der Waals surface area (Å²) in [6.45, 7) is 10.9. The lowest BCUT2D eigenvalue weighted by atomic mass is 9.95. The molecule has 0 spiro atoms. The second-order valence-electron chi connectivity index (χ2n) is 14.9. The van der Waals surface area contributed by atoms with Crippen LogP contribution in [0.1, 0.15) is 92.6 Å². The molecule has 0 bridgehead atoms. The summed E-state index contributed by atoms with van der Waals surface area (Å²) in [7, 11) is 0. The van der Waals surface area contributed by atoms with E-state index < -0.39 is 121 Å². The van der Waals surface area contributed by atoms with Crippen molar-refractivity contribution >= 4 is 53.3 Å². The summed E-state index contributed by atoms with van der Waals surface area (Å²) in [4.78, 5) is 117. The van der Waals surface area contributed by atoms with Gasteiger partial charge in [-0.3, -0.25) is 58.8 Å². The van der Waals surface area contributed by atoms with E-state index in [9.17, 15) is 58.6 Å². The van der Waals surface area contributed by atoms with Gasteiger partial charge in [0.25, 0.3) is 11.8 Å². The number of aliphatic carboxylic acids is 2. The van der Waals surface area contributed by atoms with Crippen LogP contribution >= 0.6 is 0 Å². The molecule has 0 aliphatic carbocycles. The molecule has 1 heterocycles. The van der Waals surface area contributed by atoms with Crippen LogP contribution in [0.25, 0.3) is 0 Å². The van der Waals surface area contributed by atoms with Gasteiger partial charge in [-0.2, -0.15) is 0 Å². The smallest absolute Gasteiger partial charge is 0.305 e. The molecule has 7 amide bonds. The predicted octanol–water partition coefficient (Wildman–Crippen LogP) is 0.565. The van der Waals surface area contributed by atoms with Crippen LogP contribution in [0.5, 0.6) is 0 Å². The van der Waals surface area contributed by atoms with E-state index in [1.54, 1.807) is 20.8 Å². The first-order chi connectivity index (χ1) is 27.7. The topological polar surface area (TPSA) is 281 Å². The molecule has 0 unspecified atom stereocenters. The molecule has 1 aromatic carbocycles. The lowest BCUT2D eigenvalue weighted by Gasteiger charge is -2.35. The molecule has 328 valence electrons. The Kier molecular flexibility index (Phi) is 19.9. The third kappa shape index (κ3) is 15.2. The molecule has 1 aromatic rings. The summed E-state index contributed by atoms with van der Waals surface area (Å²) in [6, 6.07) is 1.63. The summed E-state index contributed by atoms with van der Waals surface area (Å²) in [5.41, 5.74) is 3.45. The van der Waals surface area contributed by atoms with Gasteiger partial charge in [0.15, 0.2) is 0 Å². The maximum absolute atomic E-state index is 14.4. The zero-order chi connectivity index (χ0) is 44.6. The quantitative estimate of drug-likeness (QED) is 0.0622. The van der Waals surface area contributed by atoms with Crippen molar-refractivity contribution < 1.29 is 63.3 Å². The van der Waals surface area contributed by atoms with Crippen molar-refractivity contribution in [2.75, 3.05) is 13.1 Å². The lowest BCUT2D eigenvalue weighted by Crippen LogP contribution is -2.62. The Morgan fingerprint density at radius 3 is 2.05 bits per heavy atom. The number of carbonyl (C=O) groups excluding carboxylic acids is 7. The molecule has 59 heavy (non-hydrogen) atoms. The molecule has 1 fully saturated rings. The van der Waals surface area contributed by atoms with Gasteiger partial charge in [0.1, 0.15) is 30.2 Å². The Labute approximate surface area is 343 Å². The maximum Gasteiger partial charge on any atom is 0.305 e. The second-order valence-corrected chi connectivity index (χ2v) is 14.9. The first kappa shape index (κ1) is 49.5. The van der Waals surface area contributed by atoms with Gasteiger partial charge in [-0.05, 0) is 30.2 Å². The van der Waals surface area contributed by atoms with E-state index in [0.717, 1.165) is 17.5 Å². The molecule has 1 aliphatic rings. The van der Waals surface area contributed by atoms with E-state index in [-0.39, 0.29) is 37.6 Å². The van der Waals surface area contributed by atoms with Crippen molar-refractivity contribution in [2.45, 2.75) is 130 Å².